The van der Waals surface area contributed by atoms with Crippen LogP contribution in [-0.4, -0.2) is 39.0 Å². The van der Waals surface area contributed by atoms with Crippen LogP contribution in [0.15, 0.2) is 24.3 Å². The number of amides is 1. The van der Waals surface area contributed by atoms with E-state index in [1.54, 1.807) is 24.3 Å². The van der Waals surface area contributed by atoms with Crippen LogP contribution in [0, 0.1) is 5.92 Å². The minimum absolute atomic E-state index is 0.0527. The van der Waals surface area contributed by atoms with Crippen LogP contribution in [0.4, 0.5) is 5.69 Å². The molecule has 0 saturated heterocycles. The molecule has 6 nitrogen and oxygen atoms in total. The Labute approximate surface area is 132 Å². The Bertz CT molecular complexity index is 599. The average Bonchev–Trinajstić information content (AvgIpc) is 2.36. The highest BCUT2D eigenvalue weighted by molar-refractivity contribution is 7.90. The maximum absolute atomic E-state index is 11.9. The summed E-state index contributed by atoms with van der Waals surface area (Å²) < 4.78 is 27.5. The van der Waals surface area contributed by atoms with E-state index in [4.69, 9.17) is 10.5 Å². The highest BCUT2D eigenvalue weighted by Crippen LogP contribution is 2.18. The Morgan fingerprint density at radius 1 is 1.36 bits per heavy atom. The van der Waals surface area contributed by atoms with Gasteiger partial charge in [0.2, 0.25) is 5.91 Å². The zero-order chi connectivity index (χ0) is 16.8. The van der Waals surface area contributed by atoms with Crippen molar-refractivity contribution in [3.05, 3.63) is 24.3 Å². The van der Waals surface area contributed by atoms with Crippen molar-refractivity contribution in [3.63, 3.8) is 0 Å². The number of rotatable bonds is 8. The van der Waals surface area contributed by atoms with Crippen molar-refractivity contribution in [1.82, 2.24) is 0 Å². The number of anilines is 1. The van der Waals surface area contributed by atoms with E-state index in [2.05, 4.69) is 5.32 Å². The van der Waals surface area contributed by atoms with Gasteiger partial charge in [-0.2, -0.15) is 0 Å². The number of hydrogen-bond donors (Lipinski definition) is 2. The number of nitrogens with two attached hydrogens (primary N) is 1. The van der Waals surface area contributed by atoms with Gasteiger partial charge in [-0.1, -0.05) is 19.9 Å². The normalized spacial score (nSPS) is 13.0. The maximum atomic E-state index is 11.9. The summed E-state index contributed by atoms with van der Waals surface area (Å²) in [5.74, 6) is 0.537. The molecule has 0 unspecified atom stereocenters. The van der Waals surface area contributed by atoms with Gasteiger partial charge < -0.3 is 15.8 Å². The first kappa shape index (κ1) is 18.4. The number of carbonyl (C=O) groups is 1. The fourth-order valence-electron chi connectivity index (χ4n) is 1.82. The van der Waals surface area contributed by atoms with Crippen molar-refractivity contribution >= 4 is 21.4 Å². The lowest BCUT2D eigenvalue weighted by Crippen LogP contribution is -2.36. The van der Waals surface area contributed by atoms with Gasteiger partial charge in [0.05, 0.1) is 11.8 Å². The highest BCUT2D eigenvalue weighted by Gasteiger charge is 2.15. The molecule has 0 spiro atoms. The first-order chi connectivity index (χ1) is 10.2. The van der Waals surface area contributed by atoms with Crippen LogP contribution in [0.1, 0.15) is 20.3 Å². The van der Waals surface area contributed by atoms with Crippen molar-refractivity contribution in [3.8, 4) is 5.75 Å². The Kier molecular flexibility index (Phi) is 6.83. The number of benzene rings is 1. The maximum Gasteiger partial charge on any atom is 0.241 e. The summed E-state index contributed by atoms with van der Waals surface area (Å²) in [6, 6.07) is 6.23. The molecule has 1 rings (SSSR count). The van der Waals surface area contributed by atoms with Crippen LogP contribution < -0.4 is 15.8 Å². The van der Waals surface area contributed by atoms with Gasteiger partial charge in [0.1, 0.15) is 12.4 Å². The fourth-order valence-corrected chi connectivity index (χ4v) is 2.21. The standard InChI is InChI=1S/C15H24N2O4S/c1-11(2)9-14(16)15(18)17-12-5-4-6-13(10-12)21-7-8-22(3,19)20/h4-6,10-11,14H,7-9,16H2,1-3H3,(H,17,18)/t14-/m0/s1. The molecule has 0 saturated carbocycles. The van der Waals surface area contributed by atoms with Crippen LogP contribution in [0.5, 0.6) is 5.75 Å². The van der Waals surface area contributed by atoms with E-state index < -0.39 is 15.9 Å². The van der Waals surface area contributed by atoms with Gasteiger partial charge in [0.15, 0.2) is 9.84 Å². The number of hydrogen-bond acceptors (Lipinski definition) is 5. The summed E-state index contributed by atoms with van der Waals surface area (Å²) in [5.41, 5.74) is 6.39. The molecular formula is C15H24N2O4S. The van der Waals surface area contributed by atoms with Gasteiger partial charge in [-0.25, -0.2) is 8.42 Å². The molecule has 0 heterocycles. The summed E-state index contributed by atoms with van der Waals surface area (Å²) in [6.07, 6.45) is 1.76. The quantitative estimate of drug-likeness (QED) is 0.752. The van der Waals surface area contributed by atoms with Crippen molar-refractivity contribution in [2.24, 2.45) is 11.7 Å². The monoisotopic (exact) mass is 328 g/mol. The molecule has 0 aliphatic heterocycles. The molecule has 0 fully saturated rings. The Morgan fingerprint density at radius 2 is 2.05 bits per heavy atom. The van der Waals surface area contributed by atoms with Crippen LogP contribution in [-0.2, 0) is 14.6 Å². The van der Waals surface area contributed by atoms with E-state index in [0.29, 0.717) is 23.8 Å². The smallest absolute Gasteiger partial charge is 0.241 e. The van der Waals surface area contributed by atoms with E-state index in [0.717, 1.165) is 6.26 Å². The van der Waals surface area contributed by atoms with Crippen molar-refractivity contribution < 1.29 is 17.9 Å². The number of carbonyl (C=O) groups excluding carboxylic acids is 1. The molecule has 1 amide bonds. The molecule has 1 aromatic rings. The minimum atomic E-state index is -3.06. The summed E-state index contributed by atoms with van der Waals surface area (Å²) in [7, 11) is -3.06. The van der Waals surface area contributed by atoms with Crippen molar-refractivity contribution in [2.45, 2.75) is 26.3 Å². The second kappa shape index (κ2) is 8.14. The lowest BCUT2D eigenvalue weighted by Gasteiger charge is -2.14. The molecule has 3 N–H and O–H groups in total. The van der Waals surface area contributed by atoms with Gasteiger partial charge >= 0.3 is 0 Å². The van der Waals surface area contributed by atoms with Gasteiger partial charge in [0, 0.05) is 18.0 Å². The lowest BCUT2D eigenvalue weighted by atomic mass is 10.0. The van der Waals surface area contributed by atoms with Gasteiger partial charge in [0.25, 0.3) is 0 Å². The van der Waals surface area contributed by atoms with Gasteiger partial charge in [-0.3, -0.25) is 4.79 Å². The number of sulfone groups is 1. The summed E-state index contributed by atoms with van der Waals surface area (Å²) in [4.78, 5) is 11.9. The molecule has 22 heavy (non-hydrogen) atoms. The number of ether oxygens (including phenoxy) is 1. The SMILES string of the molecule is CC(C)C[C@H](N)C(=O)Nc1cccc(OCCS(C)(=O)=O)c1. The Morgan fingerprint density at radius 3 is 2.64 bits per heavy atom. The third-order valence-electron chi connectivity index (χ3n) is 2.89. The first-order valence-electron chi connectivity index (χ1n) is 7.14. The fraction of sp³-hybridized carbons (Fsp3) is 0.533. The summed E-state index contributed by atoms with van der Waals surface area (Å²) in [5, 5.41) is 2.73. The topological polar surface area (TPSA) is 98.5 Å². The van der Waals surface area contributed by atoms with E-state index in [1.807, 2.05) is 13.8 Å². The summed E-state index contributed by atoms with van der Waals surface area (Å²) in [6.45, 7) is 4.08. The molecule has 0 bridgehead atoms. The molecule has 0 aliphatic rings. The summed E-state index contributed by atoms with van der Waals surface area (Å²) >= 11 is 0. The third-order valence-corrected chi connectivity index (χ3v) is 3.79. The largest absolute Gasteiger partial charge is 0.492 e. The lowest BCUT2D eigenvalue weighted by molar-refractivity contribution is -0.117. The van der Waals surface area contributed by atoms with Crippen LogP contribution in [0.2, 0.25) is 0 Å². The molecule has 1 atom stereocenters. The highest BCUT2D eigenvalue weighted by atomic mass is 32.2. The van der Waals surface area contributed by atoms with E-state index >= 15 is 0 Å². The zero-order valence-electron chi connectivity index (χ0n) is 13.2. The molecule has 0 radical (unpaired) electrons. The Hall–Kier alpha value is -1.60. The molecular weight excluding hydrogens is 304 g/mol. The van der Waals surface area contributed by atoms with Gasteiger partial charge in [-0.15, -0.1) is 0 Å². The Balaban J connectivity index is 2.58. The van der Waals surface area contributed by atoms with Crippen molar-refractivity contribution in [1.29, 1.82) is 0 Å². The molecule has 1 aromatic carbocycles. The third kappa shape index (κ3) is 7.42. The van der Waals surface area contributed by atoms with Gasteiger partial charge in [-0.05, 0) is 24.5 Å². The van der Waals surface area contributed by atoms with E-state index in [1.165, 1.54) is 0 Å². The second-order valence-electron chi connectivity index (χ2n) is 5.73. The first-order valence-corrected chi connectivity index (χ1v) is 9.20. The van der Waals surface area contributed by atoms with E-state index in [-0.39, 0.29) is 18.3 Å². The minimum Gasteiger partial charge on any atom is -0.492 e. The molecule has 7 heteroatoms. The second-order valence-corrected chi connectivity index (χ2v) is 7.99. The molecule has 0 aliphatic carbocycles. The predicted molar refractivity (Wildman–Crippen MR) is 87.7 cm³/mol. The number of nitrogens with one attached hydrogen (secondary N) is 1. The predicted octanol–water partition coefficient (Wildman–Crippen LogP) is 1.42. The van der Waals surface area contributed by atoms with Crippen LogP contribution >= 0.6 is 0 Å². The van der Waals surface area contributed by atoms with E-state index in [9.17, 15) is 13.2 Å². The molecule has 124 valence electrons. The average molecular weight is 328 g/mol. The molecule has 0 aromatic heterocycles. The van der Waals surface area contributed by atoms with Crippen molar-refractivity contribution in [2.75, 3.05) is 23.9 Å². The zero-order valence-corrected chi connectivity index (χ0v) is 14.0. The van der Waals surface area contributed by atoms with Crippen LogP contribution in [0.25, 0.3) is 0 Å². The van der Waals surface area contributed by atoms with Crippen LogP contribution in [0.3, 0.4) is 0 Å².